The first-order chi connectivity index (χ1) is 7.73. The second-order valence-corrected chi connectivity index (χ2v) is 14.6. The quantitative estimate of drug-likeness (QED) is 0.458. The predicted octanol–water partition coefficient (Wildman–Crippen LogP) is -1.86. The topological polar surface area (TPSA) is 48.1 Å². The van der Waals surface area contributed by atoms with Gasteiger partial charge in [0, 0.05) is 0 Å². The molecule has 0 atom stereocenters. The Bertz CT molecular complexity index is 221. The van der Waals surface area contributed by atoms with E-state index in [4.69, 9.17) is 0 Å². The molecule has 0 spiro atoms. The van der Waals surface area contributed by atoms with Crippen LogP contribution < -0.4 is 18.6 Å². The third kappa shape index (κ3) is 3.92. The van der Waals surface area contributed by atoms with Gasteiger partial charge >= 0.3 is 0 Å². The molecular formula is C8H20N4Si4. The highest BCUT2D eigenvalue weighted by Crippen LogP contribution is 1.88. The summed E-state index contributed by atoms with van der Waals surface area (Å²) in [4.78, 5) is 0. The van der Waals surface area contributed by atoms with Crippen molar-refractivity contribution in [2.24, 2.45) is 0 Å². The Morgan fingerprint density at radius 1 is 0.500 bits per heavy atom. The lowest BCUT2D eigenvalue weighted by atomic mass is 11.3. The first-order valence-corrected chi connectivity index (χ1v) is 12.6. The zero-order chi connectivity index (χ0) is 12.0. The Morgan fingerprint density at radius 2 is 0.688 bits per heavy atom. The molecule has 0 saturated carbocycles. The second kappa shape index (κ2) is 7.08. The summed E-state index contributed by atoms with van der Waals surface area (Å²) in [5.41, 5.74) is 8.08. The van der Waals surface area contributed by atoms with Crippen LogP contribution in [0.5, 0.6) is 0 Å². The molecular weight excluding hydrogens is 264 g/mol. The Hall–Kier alpha value is -0.332. The number of hydrogen-bond donors (Lipinski definition) is 4. The summed E-state index contributed by atoms with van der Waals surface area (Å²) in [6.07, 6.45) is 0. The molecule has 0 aromatic heterocycles. The zero-order valence-electron chi connectivity index (χ0n) is 9.45. The van der Waals surface area contributed by atoms with E-state index in [0.29, 0.717) is 0 Å². The van der Waals surface area contributed by atoms with Crippen molar-refractivity contribution in [1.29, 1.82) is 0 Å². The minimum absolute atomic E-state index is 1.26. The van der Waals surface area contributed by atoms with Crippen LogP contribution in [-0.2, 0) is 0 Å². The van der Waals surface area contributed by atoms with Crippen molar-refractivity contribution in [1.82, 2.24) is 18.6 Å². The molecule has 0 amide bonds. The van der Waals surface area contributed by atoms with E-state index < -0.39 is 36.5 Å². The van der Waals surface area contributed by atoms with Gasteiger partial charge in [-0.15, -0.1) is 26.3 Å². The molecule has 1 aliphatic rings. The fourth-order valence-corrected chi connectivity index (χ4v) is 17.1. The van der Waals surface area contributed by atoms with E-state index in [-0.39, 0.29) is 0 Å². The van der Waals surface area contributed by atoms with Gasteiger partial charge in [-0.1, -0.05) is 22.8 Å². The molecule has 8 heteroatoms. The zero-order valence-corrected chi connectivity index (χ0v) is 14.1. The Balaban J connectivity index is 2.75. The average molecular weight is 285 g/mol. The van der Waals surface area contributed by atoms with Gasteiger partial charge in [0.1, 0.15) is 0 Å². The summed E-state index contributed by atoms with van der Waals surface area (Å²) in [7, 11) is -5.04. The fraction of sp³-hybridized carbons (Fsp3) is 0. The van der Waals surface area contributed by atoms with Gasteiger partial charge in [-0.3, -0.25) is 0 Å². The molecule has 0 unspecified atom stereocenters. The van der Waals surface area contributed by atoms with Crippen LogP contribution in [0.2, 0.25) is 0 Å². The van der Waals surface area contributed by atoms with E-state index >= 15 is 0 Å². The lowest BCUT2D eigenvalue weighted by Crippen LogP contribution is -2.73. The maximum absolute atomic E-state index is 3.88. The molecule has 1 aliphatic heterocycles. The number of rotatable bonds is 4. The first-order valence-electron chi connectivity index (χ1n) is 5.28. The van der Waals surface area contributed by atoms with Gasteiger partial charge < -0.3 is 18.6 Å². The molecule has 4 nitrogen and oxygen atoms in total. The van der Waals surface area contributed by atoms with Gasteiger partial charge in [-0.25, -0.2) is 0 Å². The SMILES string of the molecule is C=C[SiH]1N[SiH](C=C)N[SiH](C=C)N[SiH](C=C)N1. The van der Waals surface area contributed by atoms with Gasteiger partial charge in [0.2, 0.25) is 0 Å². The lowest BCUT2D eigenvalue weighted by Gasteiger charge is -2.32. The Kier molecular flexibility index (Phi) is 6.08. The van der Waals surface area contributed by atoms with E-state index in [2.05, 4.69) is 44.9 Å². The highest BCUT2D eigenvalue weighted by Gasteiger charge is 2.24. The van der Waals surface area contributed by atoms with Crippen molar-refractivity contribution in [3.63, 3.8) is 0 Å². The van der Waals surface area contributed by atoms with Gasteiger partial charge in [0.25, 0.3) is 0 Å². The molecule has 1 heterocycles. The van der Waals surface area contributed by atoms with Crippen LogP contribution in [0, 0.1) is 0 Å². The molecule has 0 aliphatic carbocycles. The van der Waals surface area contributed by atoms with E-state index in [1.807, 2.05) is 22.8 Å². The first kappa shape index (κ1) is 13.7. The largest absolute Gasteiger partial charge is 0.335 e. The molecule has 1 rings (SSSR count). The van der Waals surface area contributed by atoms with Crippen molar-refractivity contribution in [2.45, 2.75) is 0 Å². The van der Waals surface area contributed by atoms with Crippen LogP contribution >= 0.6 is 0 Å². The summed E-state index contributed by atoms with van der Waals surface area (Å²) < 4.78 is 14.5. The number of hydrogen-bond acceptors (Lipinski definition) is 4. The molecule has 0 bridgehead atoms. The smallest absolute Gasteiger partial charge is 0.198 e. The van der Waals surface area contributed by atoms with E-state index in [1.165, 1.54) is 0 Å². The molecule has 1 fully saturated rings. The van der Waals surface area contributed by atoms with Crippen LogP contribution in [0.3, 0.4) is 0 Å². The van der Waals surface area contributed by atoms with E-state index in [9.17, 15) is 0 Å². The maximum atomic E-state index is 3.88. The average Bonchev–Trinajstić information content (AvgIpc) is 2.29. The van der Waals surface area contributed by atoms with Crippen LogP contribution in [-0.4, -0.2) is 36.5 Å². The highest BCUT2D eigenvalue weighted by atomic mass is 28.4. The van der Waals surface area contributed by atoms with E-state index in [0.717, 1.165) is 0 Å². The van der Waals surface area contributed by atoms with Crippen molar-refractivity contribution < 1.29 is 0 Å². The van der Waals surface area contributed by atoms with Crippen molar-refractivity contribution in [3.8, 4) is 0 Å². The molecule has 0 radical (unpaired) electrons. The molecule has 4 N–H and O–H groups in total. The Labute approximate surface area is 104 Å². The highest BCUT2D eigenvalue weighted by molar-refractivity contribution is 6.91. The summed E-state index contributed by atoms with van der Waals surface area (Å²) in [6.45, 7) is 15.5. The third-order valence-corrected chi connectivity index (χ3v) is 15.8. The monoisotopic (exact) mass is 284 g/mol. The summed E-state index contributed by atoms with van der Waals surface area (Å²) in [6, 6.07) is 0. The summed E-state index contributed by atoms with van der Waals surface area (Å²) in [5.74, 6) is 0. The lowest BCUT2D eigenvalue weighted by molar-refractivity contribution is 1.20. The molecule has 0 aromatic rings. The fourth-order valence-electron chi connectivity index (χ4n) is 1.51. The predicted molar refractivity (Wildman–Crippen MR) is 81.9 cm³/mol. The van der Waals surface area contributed by atoms with Gasteiger partial charge in [0.15, 0.2) is 36.5 Å². The van der Waals surface area contributed by atoms with Crippen LogP contribution in [0.1, 0.15) is 0 Å². The van der Waals surface area contributed by atoms with Crippen LogP contribution in [0.4, 0.5) is 0 Å². The van der Waals surface area contributed by atoms with Crippen molar-refractivity contribution >= 4 is 36.5 Å². The summed E-state index contributed by atoms with van der Waals surface area (Å²) >= 11 is 0. The standard InChI is InChI=1S/C8H20N4Si4/c1-5-13-9-14(6-2)11-16(8-4)12-15(7-3)10-13/h5-16H,1-4H2. The van der Waals surface area contributed by atoms with E-state index in [1.54, 1.807) is 0 Å². The van der Waals surface area contributed by atoms with Crippen molar-refractivity contribution in [2.75, 3.05) is 0 Å². The van der Waals surface area contributed by atoms with Gasteiger partial charge in [-0.05, 0) is 0 Å². The molecule has 88 valence electrons. The van der Waals surface area contributed by atoms with Crippen LogP contribution in [0.25, 0.3) is 0 Å². The minimum Gasteiger partial charge on any atom is -0.335 e. The summed E-state index contributed by atoms with van der Waals surface area (Å²) in [5, 5.41) is 0. The number of nitrogens with one attached hydrogen (secondary N) is 4. The van der Waals surface area contributed by atoms with Crippen molar-refractivity contribution in [3.05, 3.63) is 49.1 Å². The van der Waals surface area contributed by atoms with Crippen LogP contribution in [0.15, 0.2) is 49.1 Å². The minimum atomic E-state index is -1.26. The van der Waals surface area contributed by atoms with Gasteiger partial charge in [-0.2, -0.15) is 0 Å². The molecule has 0 aromatic carbocycles. The Morgan fingerprint density at radius 3 is 0.812 bits per heavy atom. The third-order valence-electron chi connectivity index (χ3n) is 2.38. The normalized spacial score (nSPS) is 35.5. The maximum Gasteiger partial charge on any atom is 0.198 e. The van der Waals surface area contributed by atoms with Gasteiger partial charge in [0.05, 0.1) is 0 Å². The molecule has 16 heavy (non-hydrogen) atoms. The molecule has 1 saturated heterocycles. The second-order valence-electron chi connectivity index (χ2n) is 3.52.